The number of nitrogens with zero attached hydrogens (tertiary/aromatic N) is 1. The lowest BCUT2D eigenvalue weighted by molar-refractivity contribution is 0.0950. The molecule has 1 N–H and O–H groups in total. The summed E-state index contributed by atoms with van der Waals surface area (Å²) in [5, 5.41) is 4.86. The van der Waals surface area contributed by atoms with Crippen LogP contribution in [0.4, 0.5) is 0 Å². The highest BCUT2D eigenvalue weighted by Crippen LogP contribution is 2.50. The van der Waals surface area contributed by atoms with E-state index in [1.54, 1.807) is 12.1 Å². The minimum Gasteiger partial charge on any atom is -0.351 e. The number of rotatable bonds is 4. The summed E-state index contributed by atoms with van der Waals surface area (Å²) >= 11 is 6.12. The summed E-state index contributed by atoms with van der Waals surface area (Å²) in [6, 6.07) is 15.6. The van der Waals surface area contributed by atoms with Gasteiger partial charge in [0.1, 0.15) is 0 Å². The van der Waals surface area contributed by atoms with Crippen molar-refractivity contribution >= 4 is 28.4 Å². The van der Waals surface area contributed by atoms with Crippen LogP contribution in [0.2, 0.25) is 5.02 Å². The molecule has 1 aliphatic carbocycles. The number of aryl methyl sites for hydroxylation is 1. The molecule has 3 nitrogen and oxygen atoms in total. The molecular weight excluding hydrogens is 320 g/mol. The fourth-order valence-corrected chi connectivity index (χ4v) is 3.67. The van der Waals surface area contributed by atoms with Gasteiger partial charge < -0.3 is 9.88 Å². The normalized spacial score (nSPS) is 15.4. The Morgan fingerprint density at radius 3 is 2.62 bits per heavy atom. The molecule has 1 saturated carbocycles. The molecular formula is C20H19ClN2O. The molecule has 122 valence electrons. The Bertz CT molecular complexity index is 924. The monoisotopic (exact) mass is 338 g/mol. The first-order valence-corrected chi connectivity index (χ1v) is 8.56. The number of hydrogen-bond acceptors (Lipinski definition) is 1. The van der Waals surface area contributed by atoms with Crippen LogP contribution in [0.3, 0.4) is 0 Å². The molecule has 0 radical (unpaired) electrons. The predicted octanol–water partition coefficient (Wildman–Crippen LogP) is 4.29. The minimum atomic E-state index is -0.105. The molecule has 24 heavy (non-hydrogen) atoms. The van der Waals surface area contributed by atoms with Crippen LogP contribution in [0.15, 0.2) is 54.7 Å². The van der Waals surface area contributed by atoms with Crippen molar-refractivity contribution in [2.75, 3.05) is 6.54 Å². The van der Waals surface area contributed by atoms with Gasteiger partial charge in [0.2, 0.25) is 0 Å². The van der Waals surface area contributed by atoms with Gasteiger partial charge in [0.25, 0.3) is 5.91 Å². The third-order valence-electron chi connectivity index (χ3n) is 5.03. The summed E-state index contributed by atoms with van der Waals surface area (Å²) in [5.74, 6) is -0.105. The molecule has 0 spiro atoms. The van der Waals surface area contributed by atoms with Gasteiger partial charge in [-0.2, -0.15) is 0 Å². The highest BCUT2D eigenvalue weighted by Gasteiger charge is 2.46. The Balaban J connectivity index is 1.58. The van der Waals surface area contributed by atoms with E-state index >= 15 is 0 Å². The van der Waals surface area contributed by atoms with Crippen molar-refractivity contribution in [3.8, 4) is 0 Å². The Labute approximate surface area is 146 Å². The molecule has 0 saturated heterocycles. The summed E-state index contributed by atoms with van der Waals surface area (Å²) in [4.78, 5) is 12.4. The smallest absolute Gasteiger partial charge is 0.252 e. The topological polar surface area (TPSA) is 34.0 Å². The Morgan fingerprint density at radius 1 is 1.17 bits per heavy atom. The van der Waals surface area contributed by atoms with Gasteiger partial charge in [-0.3, -0.25) is 4.79 Å². The van der Waals surface area contributed by atoms with Crippen LogP contribution < -0.4 is 5.32 Å². The van der Waals surface area contributed by atoms with Crippen molar-refractivity contribution in [3.05, 3.63) is 70.9 Å². The van der Waals surface area contributed by atoms with E-state index in [4.69, 9.17) is 11.6 Å². The lowest BCUT2D eigenvalue weighted by atomic mass is 9.95. The van der Waals surface area contributed by atoms with E-state index in [-0.39, 0.29) is 11.3 Å². The molecule has 3 aromatic rings. The van der Waals surface area contributed by atoms with Crippen molar-refractivity contribution in [1.29, 1.82) is 0 Å². The molecule has 1 fully saturated rings. The third-order valence-corrected chi connectivity index (χ3v) is 5.36. The Morgan fingerprint density at radius 2 is 1.88 bits per heavy atom. The molecule has 4 heteroatoms. The molecule has 1 heterocycles. The van der Waals surface area contributed by atoms with E-state index in [0.717, 1.165) is 12.8 Å². The quantitative estimate of drug-likeness (QED) is 0.756. The fourth-order valence-electron chi connectivity index (χ4n) is 3.45. The van der Waals surface area contributed by atoms with Crippen LogP contribution in [-0.4, -0.2) is 17.0 Å². The average Bonchev–Trinajstić information content (AvgIpc) is 3.31. The Hall–Kier alpha value is -2.26. The molecule has 2 aromatic carbocycles. The SMILES string of the molecule is Cn1cc(C2(CNC(=O)c3ccccc3Cl)CC2)c2ccccc21. The number of benzene rings is 2. The van der Waals surface area contributed by atoms with Crippen LogP contribution >= 0.6 is 11.6 Å². The number of amides is 1. The van der Waals surface area contributed by atoms with E-state index in [9.17, 15) is 4.79 Å². The maximum Gasteiger partial charge on any atom is 0.252 e. The van der Waals surface area contributed by atoms with Crippen molar-refractivity contribution < 1.29 is 4.79 Å². The van der Waals surface area contributed by atoms with Gasteiger partial charge in [0.05, 0.1) is 10.6 Å². The summed E-state index contributed by atoms with van der Waals surface area (Å²) in [5.41, 5.74) is 3.15. The zero-order valence-corrected chi connectivity index (χ0v) is 14.3. The van der Waals surface area contributed by atoms with Crippen molar-refractivity contribution in [3.63, 3.8) is 0 Å². The highest BCUT2D eigenvalue weighted by molar-refractivity contribution is 6.33. The van der Waals surface area contributed by atoms with Crippen LogP contribution in [0.25, 0.3) is 10.9 Å². The Kier molecular flexibility index (Phi) is 3.61. The molecule has 1 amide bonds. The second kappa shape index (κ2) is 5.67. The molecule has 0 unspecified atom stereocenters. The molecule has 0 bridgehead atoms. The van der Waals surface area contributed by atoms with Gasteiger partial charge in [-0.25, -0.2) is 0 Å². The van der Waals surface area contributed by atoms with Gasteiger partial charge in [0, 0.05) is 36.1 Å². The number of aromatic nitrogens is 1. The third kappa shape index (κ3) is 2.49. The van der Waals surface area contributed by atoms with Crippen molar-refractivity contribution in [2.45, 2.75) is 18.3 Å². The van der Waals surface area contributed by atoms with Gasteiger partial charge in [-0.1, -0.05) is 41.9 Å². The molecule has 4 rings (SSSR count). The second-order valence-electron chi connectivity index (χ2n) is 6.61. The summed E-state index contributed by atoms with van der Waals surface area (Å²) < 4.78 is 2.17. The van der Waals surface area contributed by atoms with Crippen LogP contribution in [0.1, 0.15) is 28.8 Å². The number of carbonyl (C=O) groups is 1. The summed E-state index contributed by atoms with van der Waals surface area (Å²) in [7, 11) is 2.07. The second-order valence-corrected chi connectivity index (χ2v) is 7.02. The van der Waals surface area contributed by atoms with Gasteiger partial charge in [-0.15, -0.1) is 0 Å². The number of fused-ring (bicyclic) bond motifs is 1. The maximum atomic E-state index is 12.4. The molecule has 0 aliphatic heterocycles. The van der Waals surface area contributed by atoms with Crippen LogP contribution in [0.5, 0.6) is 0 Å². The number of hydrogen-bond donors (Lipinski definition) is 1. The van der Waals surface area contributed by atoms with E-state index in [0.29, 0.717) is 17.1 Å². The van der Waals surface area contributed by atoms with Crippen LogP contribution in [0, 0.1) is 0 Å². The van der Waals surface area contributed by atoms with Gasteiger partial charge >= 0.3 is 0 Å². The van der Waals surface area contributed by atoms with Gasteiger partial charge in [-0.05, 0) is 36.6 Å². The molecule has 1 aromatic heterocycles. The number of halogens is 1. The predicted molar refractivity (Wildman–Crippen MR) is 97.6 cm³/mol. The van der Waals surface area contributed by atoms with E-state index in [1.807, 2.05) is 12.1 Å². The highest BCUT2D eigenvalue weighted by atomic mass is 35.5. The number of nitrogens with one attached hydrogen (secondary N) is 1. The first-order valence-electron chi connectivity index (χ1n) is 8.18. The zero-order valence-electron chi connectivity index (χ0n) is 13.6. The first-order chi connectivity index (χ1) is 11.6. The van der Waals surface area contributed by atoms with Crippen LogP contribution in [-0.2, 0) is 12.5 Å². The summed E-state index contributed by atoms with van der Waals surface area (Å²) in [6.07, 6.45) is 4.41. The van der Waals surface area contributed by atoms with Crippen molar-refractivity contribution in [1.82, 2.24) is 9.88 Å². The number of carbonyl (C=O) groups excluding carboxylic acids is 1. The summed E-state index contributed by atoms with van der Waals surface area (Å²) in [6.45, 7) is 0.644. The van der Waals surface area contributed by atoms with Gasteiger partial charge in [0.15, 0.2) is 0 Å². The average molecular weight is 339 g/mol. The molecule has 0 atom stereocenters. The van der Waals surface area contributed by atoms with E-state index < -0.39 is 0 Å². The lowest BCUT2D eigenvalue weighted by Crippen LogP contribution is -2.32. The van der Waals surface area contributed by atoms with Crippen molar-refractivity contribution in [2.24, 2.45) is 7.05 Å². The lowest BCUT2D eigenvalue weighted by Gasteiger charge is -2.16. The zero-order chi connectivity index (χ0) is 16.7. The number of para-hydroxylation sites is 1. The first kappa shape index (κ1) is 15.3. The maximum absolute atomic E-state index is 12.4. The fraction of sp³-hybridized carbons (Fsp3) is 0.250. The molecule has 1 aliphatic rings. The van der Waals surface area contributed by atoms with E-state index in [1.165, 1.54) is 16.5 Å². The van der Waals surface area contributed by atoms with E-state index in [2.05, 4.69) is 47.4 Å². The standard InChI is InChI=1S/C20H19ClN2O/c1-23-12-16(14-6-3-5-9-18(14)23)20(10-11-20)13-22-19(24)15-7-2-4-8-17(15)21/h2-9,12H,10-11,13H2,1H3,(H,22,24). The largest absolute Gasteiger partial charge is 0.351 e. The minimum absolute atomic E-state index is 0.0534.